The fourth-order valence-corrected chi connectivity index (χ4v) is 7.45. The number of benzene rings is 2. The molecule has 5 heterocycles. The van der Waals surface area contributed by atoms with Gasteiger partial charge in [-0.05, 0) is 74.2 Å². The Morgan fingerprint density at radius 2 is 0.917 bits per heavy atom. The molecule has 2 unspecified atom stereocenters. The van der Waals surface area contributed by atoms with Gasteiger partial charge in [0.2, 0.25) is 0 Å². The SMILES string of the molecule is Nc1ccc(N2CCCC2C[N+]23CC[N+](CC4CCCN4c4ccc(N)cc4)(CC2)CC3)cc1.[Cl-].[Cl-]. The maximum Gasteiger partial charge on any atom is 0.129 e. The Hall–Kier alpha value is -1.86. The summed E-state index contributed by atoms with van der Waals surface area (Å²) in [5.41, 5.74) is 16.3. The fraction of sp³-hybridized carbons (Fsp3) is 0.571. The zero-order valence-corrected chi connectivity index (χ0v) is 22.9. The van der Waals surface area contributed by atoms with Gasteiger partial charge in [0.15, 0.2) is 0 Å². The zero-order chi connectivity index (χ0) is 23.2. The highest BCUT2D eigenvalue weighted by Crippen LogP contribution is 2.35. The molecule has 0 aromatic heterocycles. The third kappa shape index (κ3) is 5.24. The highest BCUT2D eigenvalue weighted by Gasteiger charge is 2.51. The Labute approximate surface area is 229 Å². The summed E-state index contributed by atoms with van der Waals surface area (Å²) >= 11 is 0. The second kappa shape index (κ2) is 10.9. The number of nitrogens with two attached hydrogens (primary N) is 2. The van der Waals surface area contributed by atoms with Crippen molar-refractivity contribution in [2.45, 2.75) is 37.8 Å². The number of quaternary nitrogens is 2. The third-order valence-electron chi connectivity index (χ3n) is 9.55. The number of piperazine rings is 3. The highest BCUT2D eigenvalue weighted by atomic mass is 35.5. The molecule has 198 valence electrons. The zero-order valence-electron chi connectivity index (χ0n) is 21.4. The normalized spacial score (nSPS) is 31.2. The molecule has 2 atom stereocenters. The Morgan fingerprint density at radius 3 is 1.25 bits per heavy atom. The molecule has 5 aliphatic rings. The molecule has 0 amide bonds. The number of hydrogen-bond donors (Lipinski definition) is 2. The van der Waals surface area contributed by atoms with Gasteiger partial charge in [-0.3, -0.25) is 0 Å². The van der Waals surface area contributed by atoms with E-state index in [1.165, 1.54) is 111 Å². The molecular formula is C28H42Cl2N6. The molecular weight excluding hydrogens is 491 g/mol. The van der Waals surface area contributed by atoms with E-state index >= 15 is 0 Å². The number of fused-ring (bicyclic) bond motifs is 3. The van der Waals surface area contributed by atoms with Crippen molar-refractivity contribution in [3.63, 3.8) is 0 Å². The van der Waals surface area contributed by atoms with Crippen molar-refractivity contribution in [1.29, 1.82) is 0 Å². The molecule has 0 saturated carbocycles. The number of nitrogen functional groups attached to an aromatic ring is 2. The molecule has 7 rings (SSSR count). The number of halogens is 2. The largest absolute Gasteiger partial charge is 1.00 e. The minimum atomic E-state index is 0. The minimum Gasteiger partial charge on any atom is -1.00 e. The van der Waals surface area contributed by atoms with E-state index in [0.29, 0.717) is 12.1 Å². The van der Waals surface area contributed by atoms with Gasteiger partial charge in [-0.15, -0.1) is 0 Å². The molecule has 4 N–H and O–H groups in total. The summed E-state index contributed by atoms with van der Waals surface area (Å²) in [4.78, 5) is 5.33. The molecule has 5 aliphatic heterocycles. The summed E-state index contributed by atoms with van der Waals surface area (Å²) in [7, 11) is 0. The highest BCUT2D eigenvalue weighted by molar-refractivity contribution is 5.55. The fourth-order valence-electron chi connectivity index (χ4n) is 7.45. The van der Waals surface area contributed by atoms with Crippen LogP contribution in [0, 0.1) is 0 Å². The lowest BCUT2D eigenvalue weighted by Gasteiger charge is -2.57. The van der Waals surface area contributed by atoms with E-state index in [2.05, 4.69) is 58.3 Å². The van der Waals surface area contributed by atoms with Crippen LogP contribution in [0.3, 0.4) is 0 Å². The van der Waals surface area contributed by atoms with E-state index in [0.717, 1.165) is 11.4 Å². The summed E-state index contributed by atoms with van der Waals surface area (Å²) in [5.74, 6) is 0. The standard InChI is InChI=1S/C28H42N6.2ClH/c29-23-5-9-25(10-6-23)31-13-1-3-27(31)21-33-15-18-34(19-16-33,20-17-33)22-28-4-2-14-32(28)26-11-7-24(30)8-12-26;;/h5-12,27-28H,1-4,13-22,29-30H2;2*1H/q+2;;/p-2. The Morgan fingerprint density at radius 1 is 0.583 bits per heavy atom. The van der Waals surface area contributed by atoms with Crippen molar-refractivity contribution < 1.29 is 33.8 Å². The van der Waals surface area contributed by atoms with Gasteiger partial charge in [0.25, 0.3) is 0 Å². The third-order valence-corrected chi connectivity index (χ3v) is 9.55. The van der Waals surface area contributed by atoms with Crippen molar-refractivity contribution in [1.82, 2.24) is 0 Å². The van der Waals surface area contributed by atoms with Gasteiger partial charge in [0.05, 0.1) is 25.2 Å². The van der Waals surface area contributed by atoms with Gasteiger partial charge in [0, 0.05) is 35.8 Å². The first-order valence-corrected chi connectivity index (χ1v) is 13.5. The van der Waals surface area contributed by atoms with Crippen LogP contribution in [0.25, 0.3) is 0 Å². The second-order valence-corrected chi connectivity index (χ2v) is 11.6. The lowest BCUT2D eigenvalue weighted by molar-refractivity contribution is -1.08. The van der Waals surface area contributed by atoms with Crippen LogP contribution < -0.4 is 46.1 Å². The molecule has 8 heteroatoms. The molecule has 36 heavy (non-hydrogen) atoms. The van der Waals surface area contributed by atoms with Crippen molar-refractivity contribution in [3.05, 3.63) is 48.5 Å². The Bertz CT molecular complexity index is 892. The first kappa shape index (κ1) is 27.2. The summed E-state index contributed by atoms with van der Waals surface area (Å²) in [6, 6.07) is 18.5. The maximum absolute atomic E-state index is 5.94. The molecule has 5 fully saturated rings. The van der Waals surface area contributed by atoms with E-state index < -0.39 is 0 Å². The van der Waals surface area contributed by atoms with Crippen molar-refractivity contribution in [3.8, 4) is 0 Å². The molecule has 2 aromatic rings. The van der Waals surface area contributed by atoms with Crippen LogP contribution in [0.15, 0.2) is 48.5 Å². The Balaban J connectivity index is 0.00000152. The van der Waals surface area contributed by atoms with Gasteiger partial charge in [-0.1, -0.05) is 0 Å². The molecule has 5 saturated heterocycles. The van der Waals surface area contributed by atoms with Crippen LogP contribution in [-0.2, 0) is 0 Å². The van der Waals surface area contributed by atoms with Gasteiger partial charge < -0.3 is 55.0 Å². The number of nitrogens with zero attached hydrogens (tertiary/aromatic N) is 4. The average molecular weight is 534 g/mol. The average Bonchev–Trinajstić information content (AvgIpc) is 3.51. The topological polar surface area (TPSA) is 58.5 Å². The molecule has 0 radical (unpaired) electrons. The van der Waals surface area contributed by atoms with Gasteiger partial charge >= 0.3 is 0 Å². The molecule has 0 spiro atoms. The van der Waals surface area contributed by atoms with Crippen molar-refractivity contribution >= 4 is 22.7 Å². The van der Waals surface area contributed by atoms with Gasteiger partial charge in [0.1, 0.15) is 39.3 Å². The Kier molecular flexibility index (Phi) is 8.20. The summed E-state index contributed by atoms with van der Waals surface area (Å²) in [6.45, 7) is 13.2. The van der Waals surface area contributed by atoms with Crippen LogP contribution in [0.5, 0.6) is 0 Å². The molecule has 2 bridgehead atoms. The van der Waals surface area contributed by atoms with E-state index in [4.69, 9.17) is 11.5 Å². The van der Waals surface area contributed by atoms with Crippen LogP contribution in [-0.4, -0.2) is 86.5 Å². The minimum absolute atomic E-state index is 0. The quantitative estimate of drug-likeness (QED) is 0.311. The number of hydrogen-bond acceptors (Lipinski definition) is 4. The first-order valence-electron chi connectivity index (χ1n) is 13.5. The molecule has 0 aliphatic carbocycles. The summed E-state index contributed by atoms with van der Waals surface area (Å²) in [6.07, 6.45) is 5.31. The second-order valence-electron chi connectivity index (χ2n) is 11.6. The number of rotatable bonds is 6. The number of anilines is 4. The van der Waals surface area contributed by atoms with Crippen LogP contribution in [0.1, 0.15) is 25.7 Å². The monoisotopic (exact) mass is 532 g/mol. The predicted octanol–water partition coefficient (Wildman–Crippen LogP) is -2.84. The summed E-state index contributed by atoms with van der Waals surface area (Å²) < 4.78 is 2.70. The maximum atomic E-state index is 5.94. The first-order chi connectivity index (χ1) is 16.5. The van der Waals surface area contributed by atoms with Crippen LogP contribution in [0.4, 0.5) is 22.7 Å². The summed E-state index contributed by atoms with van der Waals surface area (Å²) in [5, 5.41) is 0. The molecule has 6 nitrogen and oxygen atoms in total. The van der Waals surface area contributed by atoms with E-state index in [1.807, 2.05) is 0 Å². The van der Waals surface area contributed by atoms with Gasteiger partial charge in [-0.25, -0.2) is 0 Å². The predicted molar refractivity (Wildman–Crippen MR) is 142 cm³/mol. The van der Waals surface area contributed by atoms with Crippen LogP contribution >= 0.6 is 0 Å². The lowest BCUT2D eigenvalue weighted by Crippen LogP contribution is -3.00. The van der Waals surface area contributed by atoms with E-state index in [9.17, 15) is 0 Å². The lowest BCUT2D eigenvalue weighted by atomic mass is 10.0. The van der Waals surface area contributed by atoms with Crippen LogP contribution in [0.2, 0.25) is 0 Å². The van der Waals surface area contributed by atoms with Gasteiger partial charge in [-0.2, -0.15) is 0 Å². The van der Waals surface area contributed by atoms with E-state index in [-0.39, 0.29) is 24.8 Å². The smallest absolute Gasteiger partial charge is 0.129 e. The van der Waals surface area contributed by atoms with E-state index in [1.54, 1.807) is 0 Å². The van der Waals surface area contributed by atoms with Crippen molar-refractivity contribution in [2.75, 3.05) is 86.7 Å². The van der Waals surface area contributed by atoms with Crippen molar-refractivity contribution in [2.24, 2.45) is 0 Å². The molecule has 2 aromatic carbocycles.